The zero-order valence-electron chi connectivity index (χ0n) is 12.0. The van der Waals surface area contributed by atoms with Gasteiger partial charge in [-0.1, -0.05) is 38.2 Å². The van der Waals surface area contributed by atoms with Gasteiger partial charge < -0.3 is 9.84 Å². The zero-order chi connectivity index (χ0) is 14.1. The van der Waals surface area contributed by atoms with E-state index in [1.54, 1.807) is 6.92 Å². The van der Waals surface area contributed by atoms with Gasteiger partial charge in [0.25, 0.3) is 0 Å². The average Bonchev–Trinajstić information content (AvgIpc) is 2.64. The summed E-state index contributed by atoms with van der Waals surface area (Å²) in [6.45, 7) is 5.33. The van der Waals surface area contributed by atoms with Crippen LogP contribution < -0.4 is 0 Å². The first-order chi connectivity index (χ1) is 9.16. The van der Waals surface area contributed by atoms with Crippen molar-refractivity contribution in [2.75, 3.05) is 0 Å². The Balaban J connectivity index is 1.97. The van der Waals surface area contributed by atoms with Crippen LogP contribution in [0.25, 0.3) is 0 Å². The van der Waals surface area contributed by atoms with Crippen molar-refractivity contribution >= 4 is 5.97 Å². The number of ether oxygens (including phenoxy) is 1. The first-order valence-corrected chi connectivity index (χ1v) is 7.38. The largest absolute Gasteiger partial charge is 0.508 e. The fourth-order valence-electron chi connectivity index (χ4n) is 2.32. The lowest BCUT2D eigenvalue weighted by molar-refractivity contribution is -0.140. The number of carbonyl (C=O) groups excluding carboxylic acids is 1. The van der Waals surface area contributed by atoms with Crippen LogP contribution in [0.1, 0.15) is 64.7 Å². The van der Waals surface area contributed by atoms with Gasteiger partial charge >= 0.3 is 5.97 Å². The Kier molecular flexibility index (Phi) is 7.31. The van der Waals surface area contributed by atoms with Crippen molar-refractivity contribution in [3.63, 3.8) is 0 Å². The maximum Gasteiger partial charge on any atom is 0.337 e. The SMILES string of the molecule is C=CCCCCCCCCCC1OC(=O)C(C)=C1O. The topological polar surface area (TPSA) is 46.5 Å². The molecule has 0 aliphatic carbocycles. The van der Waals surface area contributed by atoms with Crippen LogP contribution in [-0.4, -0.2) is 17.2 Å². The molecule has 0 fully saturated rings. The molecule has 0 saturated heterocycles. The van der Waals surface area contributed by atoms with Gasteiger partial charge in [-0.15, -0.1) is 6.58 Å². The van der Waals surface area contributed by atoms with Gasteiger partial charge in [0.2, 0.25) is 0 Å². The molecule has 0 aromatic carbocycles. The van der Waals surface area contributed by atoms with Crippen molar-refractivity contribution in [2.24, 2.45) is 0 Å². The van der Waals surface area contributed by atoms with E-state index in [4.69, 9.17) is 4.74 Å². The summed E-state index contributed by atoms with van der Waals surface area (Å²) in [6, 6.07) is 0. The summed E-state index contributed by atoms with van der Waals surface area (Å²) in [5, 5.41) is 9.68. The van der Waals surface area contributed by atoms with Crippen LogP contribution in [-0.2, 0) is 9.53 Å². The summed E-state index contributed by atoms with van der Waals surface area (Å²) in [5.74, 6) is -0.237. The molecule has 0 aromatic rings. The zero-order valence-corrected chi connectivity index (χ0v) is 12.0. The number of unbranched alkanes of at least 4 members (excludes halogenated alkanes) is 7. The third kappa shape index (κ3) is 5.50. The smallest absolute Gasteiger partial charge is 0.337 e. The molecule has 0 bridgehead atoms. The highest BCUT2D eigenvalue weighted by Gasteiger charge is 2.30. The molecule has 19 heavy (non-hydrogen) atoms. The van der Waals surface area contributed by atoms with Gasteiger partial charge in [-0.2, -0.15) is 0 Å². The maximum atomic E-state index is 11.2. The standard InChI is InChI=1S/C16H26O3/c1-3-4-5-6-7-8-9-10-11-12-14-15(17)13(2)16(18)19-14/h3,14,17H,1,4-12H2,2H3. The molecule has 1 unspecified atom stereocenters. The van der Waals surface area contributed by atoms with E-state index in [1.165, 1.54) is 32.1 Å². The predicted octanol–water partition coefficient (Wildman–Crippen LogP) is 4.44. The minimum Gasteiger partial charge on any atom is -0.508 e. The molecule has 1 aliphatic heterocycles. The molecule has 0 saturated carbocycles. The highest BCUT2D eigenvalue weighted by atomic mass is 16.6. The molecular weight excluding hydrogens is 240 g/mol. The van der Waals surface area contributed by atoms with E-state index in [1.807, 2.05) is 6.08 Å². The lowest BCUT2D eigenvalue weighted by atomic mass is 10.0. The van der Waals surface area contributed by atoms with Crippen molar-refractivity contribution in [2.45, 2.75) is 70.8 Å². The monoisotopic (exact) mass is 266 g/mol. The van der Waals surface area contributed by atoms with Crippen LogP contribution in [0.15, 0.2) is 24.0 Å². The molecule has 0 radical (unpaired) electrons. The first-order valence-electron chi connectivity index (χ1n) is 7.38. The highest BCUT2D eigenvalue weighted by molar-refractivity contribution is 5.90. The number of hydrogen-bond acceptors (Lipinski definition) is 3. The predicted molar refractivity (Wildman–Crippen MR) is 77.0 cm³/mol. The van der Waals surface area contributed by atoms with Gasteiger partial charge in [0.15, 0.2) is 6.10 Å². The minimum absolute atomic E-state index is 0.134. The van der Waals surface area contributed by atoms with E-state index in [2.05, 4.69) is 6.58 Å². The molecular formula is C16H26O3. The maximum absolute atomic E-state index is 11.2. The molecule has 0 aromatic heterocycles. The summed E-state index contributed by atoms with van der Waals surface area (Å²) in [7, 11) is 0. The van der Waals surface area contributed by atoms with Crippen LogP contribution in [0.4, 0.5) is 0 Å². The summed E-state index contributed by atoms with van der Waals surface area (Å²) in [5.41, 5.74) is 0.368. The number of cyclic esters (lactones) is 1. The van der Waals surface area contributed by atoms with Gasteiger partial charge in [-0.3, -0.25) is 0 Å². The Morgan fingerprint density at radius 3 is 2.26 bits per heavy atom. The van der Waals surface area contributed by atoms with E-state index in [0.717, 1.165) is 25.7 Å². The lowest BCUT2D eigenvalue weighted by Gasteiger charge is -2.09. The van der Waals surface area contributed by atoms with Crippen LogP contribution in [0.5, 0.6) is 0 Å². The number of rotatable bonds is 10. The number of aliphatic hydroxyl groups is 1. The van der Waals surface area contributed by atoms with E-state index < -0.39 is 0 Å². The molecule has 1 N–H and O–H groups in total. The Morgan fingerprint density at radius 2 is 1.74 bits per heavy atom. The van der Waals surface area contributed by atoms with Gasteiger partial charge in [0.1, 0.15) is 5.76 Å². The third-order valence-electron chi connectivity index (χ3n) is 3.62. The van der Waals surface area contributed by atoms with E-state index in [0.29, 0.717) is 5.57 Å². The highest BCUT2D eigenvalue weighted by Crippen LogP contribution is 2.24. The summed E-state index contributed by atoms with van der Waals surface area (Å²) in [6.07, 6.45) is 11.9. The second kappa shape index (κ2) is 8.78. The van der Waals surface area contributed by atoms with Gasteiger partial charge in [-0.25, -0.2) is 4.79 Å². The fourth-order valence-corrected chi connectivity index (χ4v) is 2.32. The Morgan fingerprint density at radius 1 is 1.16 bits per heavy atom. The lowest BCUT2D eigenvalue weighted by Crippen LogP contribution is -2.11. The summed E-state index contributed by atoms with van der Waals surface area (Å²) < 4.78 is 5.09. The quantitative estimate of drug-likeness (QED) is 0.361. The third-order valence-corrected chi connectivity index (χ3v) is 3.62. The summed E-state index contributed by atoms with van der Waals surface area (Å²) >= 11 is 0. The van der Waals surface area contributed by atoms with Crippen LogP contribution in [0.3, 0.4) is 0 Å². The van der Waals surface area contributed by atoms with Crippen LogP contribution >= 0.6 is 0 Å². The van der Waals surface area contributed by atoms with E-state index in [9.17, 15) is 9.90 Å². The first kappa shape index (κ1) is 15.8. The molecule has 3 heteroatoms. The Bertz CT molecular complexity index is 331. The fraction of sp³-hybridized carbons (Fsp3) is 0.688. The normalized spacial score (nSPS) is 18.8. The average molecular weight is 266 g/mol. The molecule has 108 valence electrons. The Hall–Kier alpha value is -1.25. The molecule has 0 amide bonds. The number of hydrogen-bond donors (Lipinski definition) is 1. The molecule has 1 heterocycles. The second-order valence-electron chi connectivity index (χ2n) is 5.25. The van der Waals surface area contributed by atoms with Crippen molar-refractivity contribution in [1.29, 1.82) is 0 Å². The van der Waals surface area contributed by atoms with E-state index >= 15 is 0 Å². The van der Waals surface area contributed by atoms with Crippen molar-refractivity contribution < 1.29 is 14.6 Å². The van der Waals surface area contributed by atoms with Crippen molar-refractivity contribution in [3.8, 4) is 0 Å². The minimum atomic E-state index is -0.389. The van der Waals surface area contributed by atoms with E-state index in [-0.39, 0.29) is 17.8 Å². The van der Waals surface area contributed by atoms with Gasteiger partial charge in [-0.05, 0) is 32.6 Å². The van der Waals surface area contributed by atoms with Crippen LogP contribution in [0, 0.1) is 0 Å². The number of allylic oxidation sites excluding steroid dienone is 1. The molecule has 0 spiro atoms. The van der Waals surface area contributed by atoms with Crippen LogP contribution in [0.2, 0.25) is 0 Å². The molecule has 1 aliphatic rings. The summed E-state index contributed by atoms with van der Waals surface area (Å²) in [4.78, 5) is 11.2. The number of carbonyl (C=O) groups is 1. The molecule has 1 rings (SSSR count). The second-order valence-corrected chi connectivity index (χ2v) is 5.25. The van der Waals surface area contributed by atoms with Crippen molar-refractivity contribution in [1.82, 2.24) is 0 Å². The van der Waals surface area contributed by atoms with Crippen molar-refractivity contribution in [3.05, 3.63) is 24.0 Å². The Labute approximate surface area is 116 Å². The number of esters is 1. The number of aliphatic hydroxyl groups excluding tert-OH is 1. The molecule has 3 nitrogen and oxygen atoms in total. The van der Waals surface area contributed by atoms with Gasteiger partial charge in [0.05, 0.1) is 5.57 Å². The van der Waals surface area contributed by atoms with Gasteiger partial charge in [0, 0.05) is 0 Å². The molecule has 1 atom stereocenters.